The molecule has 0 radical (unpaired) electrons. The first-order valence-corrected chi connectivity index (χ1v) is 8.10. The van der Waals surface area contributed by atoms with E-state index >= 15 is 0 Å². The molecule has 0 atom stereocenters. The smallest absolute Gasteiger partial charge is 0.193 e. The van der Waals surface area contributed by atoms with Gasteiger partial charge in [0.15, 0.2) is 11.8 Å². The maximum absolute atomic E-state index is 5.41. The third-order valence-electron chi connectivity index (χ3n) is 4.23. The summed E-state index contributed by atoms with van der Waals surface area (Å²) < 4.78 is 7.44. The van der Waals surface area contributed by atoms with Gasteiger partial charge in [-0.3, -0.25) is 4.99 Å². The van der Waals surface area contributed by atoms with Crippen LogP contribution in [-0.4, -0.2) is 59.5 Å². The first-order chi connectivity index (χ1) is 10.7. The van der Waals surface area contributed by atoms with Crippen molar-refractivity contribution < 1.29 is 4.74 Å². The van der Waals surface area contributed by atoms with Gasteiger partial charge in [0.2, 0.25) is 0 Å². The third-order valence-corrected chi connectivity index (χ3v) is 4.23. The zero-order valence-electron chi connectivity index (χ0n) is 14.4. The summed E-state index contributed by atoms with van der Waals surface area (Å²) >= 11 is 0. The molecule has 1 aromatic heterocycles. The summed E-state index contributed by atoms with van der Waals surface area (Å²) in [5, 5.41) is 11.4. The van der Waals surface area contributed by atoms with Gasteiger partial charge in [-0.05, 0) is 32.1 Å². The molecule has 8 heteroatoms. The van der Waals surface area contributed by atoms with E-state index in [-0.39, 0.29) is 24.0 Å². The molecule has 0 bridgehead atoms. The second-order valence-corrected chi connectivity index (χ2v) is 5.70. The largest absolute Gasteiger partial charge is 0.381 e. The van der Waals surface area contributed by atoms with E-state index in [2.05, 4.69) is 39.4 Å². The summed E-state index contributed by atoms with van der Waals surface area (Å²) in [6.07, 6.45) is 5.30. The summed E-state index contributed by atoms with van der Waals surface area (Å²) in [6.45, 7) is 6.43. The number of nitrogens with one attached hydrogen (secondary N) is 1. The highest BCUT2D eigenvalue weighted by atomic mass is 127. The number of aliphatic imine (C=N–C) groups is 1. The molecule has 0 aromatic carbocycles. The lowest BCUT2D eigenvalue weighted by atomic mass is 9.96. The summed E-state index contributed by atoms with van der Waals surface area (Å²) in [5.74, 6) is 2.61. The highest BCUT2D eigenvalue weighted by molar-refractivity contribution is 14.0. The average Bonchev–Trinajstić information content (AvgIpc) is 3.02. The van der Waals surface area contributed by atoms with Crippen LogP contribution >= 0.6 is 24.0 Å². The van der Waals surface area contributed by atoms with Crippen molar-refractivity contribution in [3.63, 3.8) is 0 Å². The molecule has 1 aliphatic rings. The molecule has 0 saturated carbocycles. The minimum Gasteiger partial charge on any atom is -0.381 e. The lowest BCUT2D eigenvalue weighted by Gasteiger charge is -2.26. The molecule has 0 unspecified atom stereocenters. The van der Waals surface area contributed by atoms with E-state index in [1.165, 1.54) is 19.3 Å². The Morgan fingerprint density at radius 3 is 2.87 bits per heavy atom. The summed E-state index contributed by atoms with van der Waals surface area (Å²) in [7, 11) is 3.90. The fraction of sp³-hybridized carbons (Fsp3) is 0.800. The summed E-state index contributed by atoms with van der Waals surface area (Å²) in [5.41, 5.74) is 0. The van der Waals surface area contributed by atoms with Gasteiger partial charge in [0.25, 0.3) is 0 Å². The molecule has 2 rings (SSSR count). The van der Waals surface area contributed by atoms with Crippen molar-refractivity contribution >= 4 is 29.9 Å². The molecule has 1 aromatic rings. The molecule has 0 spiro atoms. The topological polar surface area (TPSA) is 67.6 Å². The van der Waals surface area contributed by atoms with Gasteiger partial charge in [0.05, 0.1) is 6.54 Å². The van der Waals surface area contributed by atoms with Crippen molar-refractivity contribution in [2.75, 3.05) is 33.9 Å². The molecule has 0 amide bonds. The quantitative estimate of drug-likeness (QED) is 0.418. The average molecular weight is 436 g/mol. The van der Waals surface area contributed by atoms with Crippen molar-refractivity contribution in [2.24, 2.45) is 10.9 Å². The number of aryl methyl sites for hydroxylation is 1. The fourth-order valence-corrected chi connectivity index (χ4v) is 2.74. The summed E-state index contributed by atoms with van der Waals surface area (Å²) in [4.78, 5) is 6.54. The Balaban J connectivity index is 0.00000264. The number of hydrogen-bond donors (Lipinski definition) is 1. The van der Waals surface area contributed by atoms with E-state index in [9.17, 15) is 0 Å². The normalized spacial score (nSPS) is 16.0. The SMILES string of the molecule is CCn1cnnc1CNC(=NC)N(C)CCC1CCOCC1.I. The maximum Gasteiger partial charge on any atom is 0.193 e. The monoisotopic (exact) mass is 436 g/mol. The Hall–Kier alpha value is -0.900. The molecule has 23 heavy (non-hydrogen) atoms. The Bertz CT molecular complexity index is 472. The van der Waals surface area contributed by atoms with Crippen molar-refractivity contribution in [3.8, 4) is 0 Å². The van der Waals surface area contributed by atoms with Crippen LogP contribution in [0.15, 0.2) is 11.3 Å². The molecule has 1 saturated heterocycles. The number of rotatable bonds is 6. The highest BCUT2D eigenvalue weighted by Gasteiger charge is 2.15. The van der Waals surface area contributed by atoms with Gasteiger partial charge >= 0.3 is 0 Å². The minimum absolute atomic E-state index is 0. The predicted octanol–water partition coefficient (Wildman–Crippen LogP) is 1.74. The molecule has 2 heterocycles. The van der Waals surface area contributed by atoms with Gasteiger partial charge in [-0.1, -0.05) is 0 Å². The summed E-state index contributed by atoms with van der Waals surface area (Å²) in [6, 6.07) is 0. The van der Waals surface area contributed by atoms with Crippen molar-refractivity contribution in [1.82, 2.24) is 25.0 Å². The molecule has 7 nitrogen and oxygen atoms in total. The Labute approximate surface area is 155 Å². The number of guanidine groups is 1. The Kier molecular flexibility index (Phi) is 9.46. The number of halogens is 1. The standard InChI is InChI=1S/C15H28N6O.HI/c1-4-21-12-18-19-14(21)11-17-15(16-2)20(3)8-5-13-6-9-22-10-7-13;/h12-13H,4-11H2,1-3H3,(H,16,17);1H. The molecular weight excluding hydrogens is 407 g/mol. The van der Waals surface area contributed by atoms with Crippen LogP contribution < -0.4 is 5.32 Å². The van der Waals surface area contributed by atoms with Gasteiger partial charge in [-0.2, -0.15) is 0 Å². The van der Waals surface area contributed by atoms with Crippen LogP contribution in [0.5, 0.6) is 0 Å². The molecular formula is C15H29IN6O. The number of nitrogens with zero attached hydrogens (tertiary/aromatic N) is 5. The van der Waals surface area contributed by atoms with E-state index in [1.807, 2.05) is 11.6 Å². The molecule has 1 fully saturated rings. The maximum atomic E-state index is 5.41. The predicted molar refractivity (Wildman–Crippen MR) is 102 cm³/mol. The van der Waals surface area contributed by atoms with Crippen LogP contribution in [0.4, 0.5) is 0 Å². The second-order valence-electron chi connectivity index (χ2n) is 5.70. The van der Waals surface area contributed by atoms with Gasteiger partial charge < -0.3 is 19.5 Å². The zero-order valence-corrected chi connectivity index (χ0v) is 16.7. The van der Waals surface area contributed by atoms with E-state index in [4.69, 9.17) is 4.74 Å². The highest BCUT2D eigenvalue weighted by Crippen LogP contribution is 2.18. The van der Waals surface area contributed by atoms with Gasteiger partial charge in [-0.25, -0.2) is 0 Å². The van der Waals surface area contributed by atoms with Crippen LogP contribution in [0.25, 0.3) is 0 Å². The van der Waals surface area contributed by atoms with Crippen molar-refractivity contribution in [1.29, 1.82) is 0 Å². The van der Waals surface area contributed by atoms with Crippen LogP contribution in [0.1, 0.15) is 32.0 Å². The van der Waals surface area contributed by atoms with Crippen LogP contribution in [0.3, 0.4) is 0 Å². The number of hydrogen-bond acceptors (Lipinski definition) is 4. The molecule has 1 N–H and O–H groups in total. The van der Waals surface area contributed by atoms with E-state index in [0.29, 0.717) is 6.54 Å². The van der Waals surface area contributed by atoms with E-state index in [0.717, 1.165) is 44.0 Å². The van der Waals surface area contributed by atoms with Gasteiger partial charge in [0, 0.05) is 40.4 Å². The van der Waals surface area contributed by atoms with E-state index < -0.39 is 0 Å². The number of ether oxygens (including phenoxy) is 1. The lowest BCUT2D eigenvalue weighted by Crippen LogP contribution is -2.40. The molecule has 1 aliphatic heterocycles. The number of aromatic nitrogens is 3. The second kappa shape index (κ2) is 10.8. The van der Waals surface area contributed by atoms with Crippen LogP contribution in [-0.2, 0) is 17.8 Å². The minimum atomic E-state index is 0. The molecule has 0 aliphatic carbocycles. The van der Waals surface area contributed by atoms with Gasteiger partial charge in [0.1, 0.15) is 6.33 Å². The van der Waals surface area contributed by atoms with Crippen LogP contribution in [0.2, 0.25) is 0 Å². The molecule has 132 valence electrons. The lowest BCUT2D eigenvalue weighted by molar-refractivity contribution is 0.0625. The first kappa shape index (κ1) is 20.1. The Morgan fingerprint density at radius 1 is 1.48 bits per heavy atom. The fourth-order valence-electron chi connectivity index (χ4n) is 2.74. The first-order valence-electron chi connectivity index (χ1n) is 8.10. The zero-order chi connectivity index (χ0) is 15.8. The third kappa shape index (κ3) is 6.25. The van der Waals surface area contributed by atoms with Gasteiger partial charge in [-0.15, -0.1) is 34.2 Å². The van der Waals surface area contributed by atoms with Crippen molar-refractivity contribution in [2.45, 2.75) is 39.3 Å². The van der Waals surface area contributed by atoms with Crippen LogP contribution in [0, 0.1) is 5.92 Å². The Morgan fingerprint density at radius 2 is 2.22 bits per heavy atom. The van der Waals surface area contributed by atoms with E-state index in [1.54, 1.807) is 6.33 Å². The van der Waals surface area contributed by atoms with Crippen molar-refractivity contribution in [3.05, 3.63) is 12.2 Å².